The number of ether oxygens (including phenoxy) is 2. The maximum absolute atomic E-state index is 13.9. The summed E-state index contributed by atoms with van der Waals surface area (Å²) >= 11 is 0. The monoisotopic (exact) mass is 452 g/mol. The van der Waals surface area contributed by atoms with Crippen molar-refractivity contribution in [3.05, 3.63) is 65.7 Å². The highest BCUT2D eigenvalue weighted by Crippen LogP contribution is 2.33. The molecular weight excluding hydrogens is 423 g/mol. The van der Waals surface area contributed by atoms with Crippen molar-refractivity contribution in [1.29, 1.82) is 0 Å². The number of amides is 1. The van der Waals surface area contributed by atoms with E-state index in [1.54, 1.807) is 35.1 Å². The number of hydrogen-bond acceptors (Lipinski definition) is 5. The maximum Gasteiger partial charge on any atom is 0.259 e. The molecule has 0 bridgehead atoms. The van der Waals surface area contributed by atoms with Gasteiger partial charge in [0.25, 0.3) is 5.91 Å². The topological polar surface area (TPSA) is 77.4 Å². The van der Waals surface area contributed by atoms with Crippen molar-refractivity contribution < 1.29 is 18.7 Å². The first-order chi connectivity index (χ1) is 16.1. The molecule has 1 fully saturated rings. The van der Waals surface area contributed by atoms with Crippen LogP contribution in [0, 0.1) is 5.82 Å². The summed E-state index contributed by atoms with van der Waals surface area (Å²) in [5.41, 5.74) is 2.38. The number of aromatic nitrogens is 2. The van der Waals surface area contributed by atoms with E-state index in [1.807, 2.05) is 19.9 Å². The third-order valence-corrected chi connectivity index (χ3v) is 5.64. The molecule has 0 radical (unpaired) electrons. The molecule has 1 amide bonds. The fourth-order valence-electron chi connectivity index (χ4n) is 4.17. The second kappa shape index (κ2) is 10.5. The smallest absolute Gasteiger partial charge is 0.259 e. The Morgan fingerprint density at radius 3 is 2.67 bits per heavy atom. The molecule has 3 aromatic rings. The van der Waals surface area contributed by atoms with Crippen molar-refractivity contribution in [2.24, 2.45) is 0 Å². The van der Waals surface area contributed by atoms with Crippen LogP contribution < -0.4 is 20.1 Å². The van der Waals surface area contributed by atoms with E-state index in [0.717, 1.165) is 31.6 Å². The predicted octanol–water partition coefficient (Wildman–Crippen LogP) is 4.53. The zero-order chi connectivity index (χ0) is 23.2. The molecule has 2 heterocycles. The number of nitrogens with zero attached hydrogens (tertiary/aromatic N) is 2. The van der Waals surface area contributed by atoms with Crippen molar-refractivity contribution >= 4 is 11.6 Å². The van der Waals surface area contributed by atoms with Crippen LogP contribution in [0.5, 0.6) is 11.5 Å². The molecule has 2 N–H and O–H groups in total. The van der Waals surface area contributed by atoms with E-state index < -0.39 is 0 Å². The number of rotatable bonds is 8. The molecular formula is C25H29FN4O3. The third kappa shape index (κ3) is 5.17. The molecule has 2 aromatic carbocycles. The minimum Gasteiger partial charge on any atom is -0.494 e. The summed E-state index contributed by atoms with van der Waals surface area (Å²) in [7, 11) is 0. The second-order valence-electron chi connectivity index (χ2n) is 7.84. The number of hydrogen-bond donors (Lipinski definition) is 2. The van der Waals surface area contributed by atoms with Crippen molar-refractivity contribution in [1.82, 2.24) is 15.1 Å². The maximum atomic E-state index is 13.9. The van der Waals surface area contributed by atoms with Gasteiger partial charge in [0.15, 0.2) is 0 Å². The molecule has 1 aromatic heterocycles. The fourth-order valence-corrected chi connectivity index (χ4v) is 4.17. The number of anilines is 1. The molecule has 7 nitrogen and oxygen atoms in total. The minimum atomic E-state index is -0.348. The van der Waals surface area contributed by atoms with Gasteiger partial charge in [0.05, 0.1) is 42.0 Å². The first-order valence-corrected chi connectivity index (χ1v) is 11.4. The molecule has 174 valence electrons. The standard InChI is InChI=1S/C25H29FN4O3/c1-3-32-20-8-9-23(33-4-2)22(15-20)29-25(31)21-16-28-30(19-7-5-6-18(26)14-19)24(21)17-10-12-27-13-11-17/h5-9,14-17,27H,3-4,10-13H2,1-2H3,(H,29,31). The van der Waals surface area contributed by atoms with Gasteiger partial charge in [-0.25, -0.2) is 9.07 Å². The summed E-state index contributed by atoms with van der Waals surface area (Å²) in [5, 5.41) is 10.8. The zero-order valence-corrected chi connectivity index (χ0v) is 18.9. The van der Waals surface area contributed by atoms with Gasteiger partial charge in [0, 0.05) is 12.0 Å². The molecule has 0 spiro atoms. The number of nitrogens with one attached hydrogen (secondary N) is 2. The van der Waals surface area contributed by atoms with Crippen LogP contribution >= 0.6 is 0 Å². The largest absolute Gasteiger partial charge is 0.494 e. The van der Waals surface area contributed by atoms with Crippen LogP contribution in [0.25, 0.3) is 5.69 Å². The lowest BCUT2D eigenvalue weighted by molar-refractivity contribution is 0.102. The Bertz CT molecular complexity index is 1110. The summed E-state index contributed by atoms with van der Waals surface area (Å²) in [6.45, 7) is 6.48. The molecule has 0 saturated carbocycles. The first-order valence-electron chi connectivity index (χ1n) is 11.4. The van der Waals surface area contributed by atoms with Gasteiger partial charge in [-0.2, -0.15) is 5.10 Å². The Hall–Kier alpha value is -3.39. The molecule has 4 rings (SSSR count). The van der Waals surface area contributed by atoms with Crippen LogP contribution in [-0.4, -0.2) is 42.0 Å². The normalized spacial score (nSPS) is 14.2. The third-order valence-electron chi connectivity index (χ3n) is 5.64. The fraction of sp³-hybridized carbons (Fsp3) is 0.360. The highest BCUT2D eigenvalue weighted by Gasteiger charge is 2.27. The average molecular weight is 453 g/mol. The Balaban J connectivity index is 1.71. The minimum absolute atomic E-state index is 0.124. The van der Waals surface area contributed by atoms with Crippen molar-refractivity contribution in [3.63, 3.8) is 0 Å². The van der Waals surface area contributed by atoms with E-state index in [2.05, 4.69) is 15.7 Å². The van der Waals surface area contributed by atoms with E-state index in [9.17, 15) is 9.18 Å². The highest BCUT2D eigenvalue weighted by atomic mass is 19.1. The lowest BCUT2D eigenvalue weighted by Gasteiger charge is -2.25. The summed E-state index contributed by atoms with van der Waals surface area (Å²) in [5.74, 6) is 0.694. The zero-order valence-electron chi connectivity index (χ0n) is 18.9. The van der Waals surface area contributed by atoms with Crippen molar-refractivity contribution in [3.8, 4) is 17.2 Å². The summed E-state index contributed by atoms with van der Waals surface area (Å²) < 4.78 is 26.9. The van der Waals surface area contributed by atoms with Crippen LogP contribution in [0.4, 0.5) is 10.1 Å². The van der Waals surface area contributed by atoms with Gasteiger partial charge < -0.3 is 20.1 Å². The molecule has 0 aliphatic carbocycles. The molecule has 0 unspecified atom stereocenters. The van der Waals surface area contributed by atoms with E-state index in [4.69, 9.17) is 9.47 Å². The SMILES string of the molecule is CCOc1ccc(OCC)c(NC(=O)c2cnn(-c3cccc(F)c3)c2C2CCNCC2)c1. The van der Waals surface area contributed by atoms with Crippen LogP contribution in [0.2, 0.25) is 0 Å². The van der Waals surface area contributed by atoms with Gasteiger partial charge in [0.2, 0.25) is 0 Å². The van der Waals surface area contributed by atoms with Gasteiger partial charge in [-0.05, 0) is 70.1 Å². The number of piperidine rings is 1. The number of carbonyl (C=O) groups excluding carboxylic acids is 1. The van der Waals surface area contributed by atoms with Crippen molar-refractivity contribution in [2.75, 3.05) is 31.6 Å². The summed E-state index contributed by atoms with van der Waals surface area (Å²) in [6.07, 6.45) is 3.29. The molecule has 0 atom stereocenters. The Morgan fingerprint density at radius 2 is 1.94 bits per heavy atom. The Morgan fingerprint density at radius 1 is 1.15 bits per heavy atom. The van der Waals surface area contributed by atoms with Crippen LogP contribution in [0.3, 0.4) is 0 Å². The van der Waals surface area contributed by atoms with Gasteiger partial charge in [-0.3, -0.25) is 4.79 Å². The molecule has 33 heavy (non-hydrogen) atoms. The van der Waals surface area contributed by atoms with Gasteiger partial charge in [0.1, 0.15) is 17.3 Å². The van der Waals surface area contributed by atoms with Crippen LogP contribution in [0.15, 0.2) is 48.7 Å². The number of halogens is 1. The molecule has 8 heteroatoms. The quantitative estimate of drug-likeness (QED) is 0.525. The van der Waals surface area contributed by atoms with Gasteiger partial charge in [-0.15, -0.1) is 0 Å². The molecule has 1 saturated heterocycles. The Kier molecular flexibility index (Phi) is 7.24. The lowest BCUT2D eigenvalue weighted by Crippen LogP contribution is -2.29. The summed E-state index contributed by atoms with van der Waals surface area (Å²) in [4.78, 5) is 13.5. The molecule has 1 aliphatic rings. The van der Waals surface area contributed by atoms with E-state index in [1.165, 1.54) is 12.1 Å². The van der Waals surface area contributed by atoms with E-state index >= 15 is 0 Å². The highest BCUT2D eigenvalue weighted by molar-refractivity contribution is 6.06. The number of benzene rings is 2. The predicted molar refractivity (Wildman–Crippen MR) is 125 cm³/mol. The second-order valence-corrected chi connectivity index (χ2v) is 7.84. The van der Waals surface area contributed by atoms with Gasteiger partial charge in [-0.1, -0.05) is 6.07 Å². The number of carbonyl (C=O) groups is 1. The lowest BCUT2D eigenvalue weighted by atomic mass is 9.91. The Labute approximate surface area is 192 Å². The average Bonchev–Trinajstić information content (AvgIpc) is 3.27. The van der Waals surface area contributed by atoms with Crippen LogP contribution in [-0.2, 0) is 0 Å². The van der Waals surface area contributed by atoms with E-state index in [0.29, 0.717) is 41.7 Å². The summed E-state index contributed by atoms with van der Waals surface area (Å²) in [6, 6.07) is 11.6. The first kappa shape index (κ1) is 22.8. The van der Waals surface area contributed by atoms with Crippen LogP contribution in [0.1, 0.15) is 48.7 Å². The van der Waals surface area contributed by atoms with Gasteiger partial charge >= 0.3 is 0 Å². The van der Waals surface area contributed by atoms with Crippen molar-refractivity contribution in [2.45, 2.75) is 32.6 Å². The molecule has 1 aliphatic heterocycles. The van der Waals surface area contributed by atoms with E-state index in [-0.39, 0.29) is 17.6 Å².